The predicted octanol–water partition coefficient (Wildman–Crippen LogP) is 4.87. The molecule has 0 bridgehead atoms. The first-order valence-corrected chi connectivity index (χ1v) is 8.91. The van der Waals surface area contributed by atoms with Crippen molar-refractivity contribution in [2.24, 2.45) is 5.92 Å². The number of halogens is 3. The van der Waals surface area contributed by atoms with Gasteiger partial charge in [0.05, 0.1) is 5.56 Å². The van der Waals surface area contributed by atoms with Crippen LogP contribution in [0.15, 0.2) is 42.5 Å². The van der Waals surface area contributed by atoms with Crippen molar-refractivity contribution in [2.75, 3.05) is 6.54 Å². The van der Waals surface area contributed by atoms with Gasteiger partial charge in [0.2, 0.25) is 0 Å². The summed E-state index contributed by atoms with van der Waals surface area (Å²) in [5.74, 6) is 0.839. The highest BCUT2D eigenvalue weighted by Gasteiger charge is 2.40. The van der Waals surface area contributed by atoms with E-state index in [9.17, 15) is 13.2 Å². The second-order valence-electron chi connectivity index (χ2n) is 7.43. The van der Waals surface area contributed by atoms with Gasteiger partial charge in [-0.2, -0.15) is 13.2 Å². The molecule has 1 aliphatic heterocycles. The van der Waals surface area contributed by atoms with Gasteiger partial charge >= 0.3 is 6.18 Å². The summed E-state index contributed by atoms with van der Waals surface area (Å²) in [5.41, 5.74) is 4.07. The lowest BCUT2D eigenvalue weighted by Gasteiger charge is -2.31. The highest BCUT2D eigenvalue weighted by Crippen LogP contribution is 2.43. The smallest absolute Gasteiger partial charge is 0.313 e. The molecule has 1 unspecified atom stereocenters. The standard InChI is InChI=1S/C21H22F3N/c1-13-3-2-4-14(9-13)10-20-18-7-5-15-11-16(21(22,23)24)6-8-17(15)19(18)12-25-20/h2-4,6,8-9,11,18-20,25H,5,7,10,12H2,1H3/t18?,19-,20-/m1/s1. The average molecular weight is 345 g/mol. The monoisotopic (exact) mass is 345 g/mol. The van der Waals surface area contributed by atoms with Crippen LogP contribution in [0.3, 0.4) is 0 Å². The van der Waals surface area contributed by atoms with E-state index in [0.717, 1.165) is 36.9 Å². The van der Waals surface area contributed by atoms with Gasteiger partial charge in [0, 0.05) is 18.5 Å². The van der Waals surface area contributed by atoms with Crippen LogP contribution in [0.25, 0.3) is 0 Å². The SMILES string of the molecule is Cc1cccc(C[C@H]2NC[C@@H]3c4ccc(C(F)(F)F)cc4CCC32)c1. The third-order valence-electron chi connectivity index (χ3n) is 5.79. The fourth-order valence-electron chi connectivity index (χ4n) is 4.60. The molecule has 1 aliphatic carbocycles. The Kier molecular flexibility index (Phi) is 4.11. The molecule has 1 fully saturated rings. The highest BCUT2D eigenvalue weighted by atomic mass is 19.4. The van der Waals surface area contributed by atoms with Crippen molar-refractivity contribution in [1.29, 1.82) is 0 Å². The number of hydrogen-bond donors (Lipinski definition) is 1. The van der Waals surface area contributed by atoms with Crippen molar-refractivity contribution < 1.29 is 13.2 Å². The molecule has 0 amide bonds. The maximum atomic E-state index is 13.0. The zero-order valence-corrected chi connectivity index (χ0v) is 14.2. The van der Waals surface area contributed by atoms with Crippen LogP contribution in [0.2, 0.25) is 0 Å². The van der Waals surface area contributed by atoms with E-state index in [4.69, 9.17) is 0 Å². The molecule has 2 aliphatic rings. The first-order chi connectivity index (χ1) is 11.9. The molecule has 1 saturated heterocycles. The lowest BCUT2D eigenvalue weighted by atomic mass is 9.73. The van der Waals surface area contributed by atoms with E-state index in [1.165, 1.54) is 23.3 Å². The number of alkyl halides is 3. The van der Waals surface area contributed by atoms with Crippen molar-refractivity contribution in [3.05, 3.63) is 70.3 Å². The minimum absolute atomic E-state index is 0.334. The van der Waals surface area contributed by atoms with Gasteiger partial charge in [-0.05, 0) is 60.9 Å². The zero-order valence-electron chi connectivity index (χ0n) is 14.2. The van der Waals surface area contributed by atoms with E-state index >= 15 is 0 Å². The Hall–Kier alpha value is -1.81. The number of nitrogens with one attached hydrogen (secondary N) is 1. The first kappa shape index (κ1) is 16.6. The van der Waals surface area contributed by atoms with Crippen LogP contribution in [-0.4, -0.2) is 12.6 Å². The van der Waals surface area contributed by atoms with E-state index in [2.05, 4.69) is 36.5 Å². The first-order valence-electron chi connectivity index (χ1n) is 8.91. The molecule has 25 heavy (non-hydrogen) atoms. The molecular formula is C21H22F3N. The normalized spacial score (nSPS) is 25.5. The fraction of sp³-hybridized carbons (Fsp3) is 0.429. The minimum Gasteiger partial charge on any atom is -0.313 e. The van der Waals surface area contributed by atoms with Crippen LogP contribution in [0.1, 0.15) is 40.2 Å². The van der Waals surface area contributed by atoms with Crippen molar-refractivity contribution in [1.82, 2.24) is 5.32 Å². The molecule has 4 rings (SSSR count). The fourth-order valence-corrected chi connectivity index (χ4v) is 4.60. The lowest BCUT2D eigenvalue weighted by molar-refractivity contribution is -0.137. The summed E-state index contributed by atoms with van der Waals surface area (Å²) in [6, 6.07) is 13.3. The Labute approximate surface area is 146 Å². The van der Waals surface area contributed by atoms with E-state index < -0.39 is 11.7 Å². The Morgan fingerprint density at radius 1 is 1.12 bits per heavy atom. The summed E-state index contributed by atoms with van der Waals surface area (Å²) in [6.45, 7) is 2.96. The zero-order chi connectivity index (χ0) is 17.6. The van der Waals surface area contributed by atoms with Crippen LogP contribution in [-0.2, 0) is 19.0 Å². The molecule has 2 aromatic carbocycles. The van der Waals surface area contributed by atoms with Crippen molar-refractivity contribution in [2.45, 2.75) is 44.3 Å². The van der Waals surface area contributed by atoms with E-state index in [1.54, 1.807) is 6.07 Å². The van der Waals surface area contributed by atoms with Crippen molar-refractivity contribution in [3.8, 4) is 0 Å². The quantitative estimate of drug-likeness (QED) is 0.818. The minimum atomic E-state index is -4.26. The number of aryl methyl sites for hydroxylation is 2. The number of hydrogen-bond acceptors (Lipinski definition) is 1. The molecule has 1 heterocycles. The van der Waals surface area contributed by atoms with Gasteiger partial charge in [0.1, 0.15) is 0 Å². The van der Waals surface area contributed by atoms with E-state index in [1.807, 2.05) is 0 Å². The second-order valence-corrected chi connectivity index (χ2v) is 7.43. The van der Waals surface area contributed by atoms with Crippen LogP contribution >= 0.6 is 0 Å². The largest absolute Gasteiger partial charge is 0.416 e. The summed E-state index contributed by atoms with van der Waals surface area (Å²) in [6.07, 6.45) is -1.57. The lowest BCUT2D eigenvalue weighted by Crippen LogP contribution is -2.31. The van der Waals surface area contributed by atoms with E-state index in [0.29, 0.717) is 17.9 Å². The van der Waals surface area contributed by atoms with E-state index in [-0.39, 0.29) is 0 Å². The van der Waals surface area contributed by atoms with Crippen molar-refractivity contribution in [3.63, 3.8) is 0 Å². The molecule has 0 radical (unpaired) electrons. The van der Waals surface area contributed by atoms with Gasteiger partial charge in [0.15, 0.2) is 0 Å². The third kappa shape index (κ3) is 3.20. The Morgan fingerprint density at radius 2 is 1.96 bits per heavy atom. The van der Waals surface area contributed by atoms with Crippen LogP contribution in [0.5, 0.6) is 0 Å². The number of fused-ring (bicyclic) bond motifs is 3. The van der Waals surface area contributed by atoms with Crippen LogP contribution in [0, 0.1) is 12.8 Å². The summed E-state index contributed by atoms with van der Waals surface area (Å²) in [5, 5.41) is 3.63. The Morgan fingerprint density at radius 3 is 2.72 bits per heavy atom. The maximum absolute atomic E-state index is 13.0. The maximum Gasteiger partial charge on any atom is 0.416 e. The Bertz CT molecular complexity index is 781. The summed E-state index contributed by atoms with van der Waals surface area (Å²) >= 11 is 0. The molecule has 1 nitrogen and oxygen atoms in total. The Balaban J connectivity index is 1.55. The van der Waals surface area contributed by atoms with Gasteiger partial charge in [-0.1, -0.05) is 35.9 Å². The van der Waals surface area contributed by atoms with Gasteiger partial charge in [-0.15, -0.1) is 0 Å². The number of benzene rings is 2. The second kappa shape index (κ2) is 6.17. The molecular weight excluding hydrogens is 323 g/mol. The van der Waals surface area contributed by atoms with Gasteiger partial charge in [-0.25, -0.2) is 0 Å². The molecule has 0 spiro atoms. The summed E-state index contributed by atoms with van der Waals surface area (Å²) in [7, 11) is 0. The topological polar surface area (TPSA) is 12.0 Å². The van der Waals surface area contributed by atoms with Crippen LogP contribution in [0.4, 0.5) is 13.2 Å². The highest BCUT2D eigenvalue weighted by molar-refractivity contribution is 5.40. The van der Waals surface area contributed by atoms with Crippen LogP contribution < -0.4 is 5.32 Å². The third-order valence-corrected chi connectivity index (χ3v) is 5.79. The molecule has 0 aromatic heterocycles. The van der Waals surface area contributed by atoms with Crippen molar-refractivity contribution >= 4 is 0 Å². The molecule has 3 atom stereocenters. The molecule has 2 aromatic rings. The number of rotatable bonds is 2. The molecule has 4 heteroatoms. The molecule has 132 valence electrons. The van der Waals surface area contributed by atoms with Gasteiger partial charge < -0.3 is 5.32 Å². The van der Waals surface area contributed by atoms with Gasteiger partial charge in [0.25, 0.3) is 0 Å². The molecule has 1 N–H and O–H groups in total. The molecule has 0 saturated carbocycles. The predicted molar refractivity (Wildman–Crippen MR) is 92.7 cm³/mol. The summed E-state index contributed by atoms with van der Waals surface area (Å²) in [4.78, 5) is 0. The summed E-state index contributed by atoms with van der Waals surface area (Å²) < 4.78 is 38.9. The van der Waals surface area contributed by atoms with Gasteiger partial charge in [-0.3, -0.25) is 0 Å². The average Bonchev–Trinajstić information content (AvgIpc) is 2.97.